The lowest BCUT2D eigenvalue weighted by molar-refractivity contribution is 0.601. The molecule has 0 aliphatic carbocycles. The Kier molecular flexibility index (Phi) is 5.67. The summed E-state index contributed by atoms with van der Waals surface area (Å²) in [5, 5.41) is 8.47. The van der Waals surface area contributed by atoms with E-state index in [0.29, 0.717) is 26.1 Å². The van der Waals surface area contributed by atoms with Crippen LogP contribution in [0.2, 0.25) is 5.02 Å². The summed E-state index contributed by atoms with van der Waals surface area (Å²) in [6.45, 7) is 0.311. The fraction of sp³-hybridized carbons (Fsp3) is 0.118. The van der Waals surface area contributed by atoms with Crippen molar-refractivity contribution in [3.8, 4) is 0 Å². The highest BCUT2D eigenvalue weighted by atomic mass is 35.5. The summed E-state index contributed by atoms with van der Waals surface area (Å²) < 4.78 is 30.6. The van der Waals surface area contributed by atoms with E-state index in [9.17, 15) is 13.2 Å². The Bertz CT molecular complexity index is 1360. The molecule has 29 heavy (non-hydrogen) atoms. The molecule has 0 unspecified atom stereocenters. The van der Waals surface area contributed by atoms with Crippen LogP contribution in [-0.2, 0) is 16.6 Å². The van der Waals surface area contributed by atoms with Crippen molar-refractivity contribution < 1.29 is 8.42 Å². The van der Waals surface area contributed by atoms with Crippen LogP contribution in [0.5, 0.6) is 0 Å². The first-order valence-corrected chi connectivity index (χ1v) is 12.9. The largest absolute Gasteiger partial charge is 0.308 e. The molecule has 2 aromatic heterocycles. The number of nitrogens with one attached hydrogen (secondary N) is 1. The molecule has 150 valence electrons. The summed E-state index contributed by atoms with van der Waals surface area (Å²) >= 11 is 9.74. The summed E-state index contributed by atoms with van der Waals surface area (Å²) in [6.07, 6.45) is 1.84. The maximum absolute atomic E-state index is 12.7. The van der Waals surface area contributed by atoms with Crippen LogP contribution in [0.1, 0.15) is 5.56 Å². The van der Waals surface area contributed by atoms with Gasteiger partial charge < -0.3 is 0 Å². The molecule has 2 aromatic carbocycles. The van der Waals surface area contributed by atoms with Crippen LogP contribution < -0.4 is 9.60 Å². The minimum absolute atomic E-state index is 0.0528. The Balaban J connectivity index is 1.68. The molecule has 4 rings (SSSR count). The Morgan fingerprint density at radius 3 is 2.69 bits per heavy atom. The average molecular weight is 485 g/mol. The molecule has 0 amide bonds. The Morgan fingerprint density at radius 2 is 1.97 bits per heavy atom. The van der Waals surface area contributed by atoms with Crippen molar-refractivity contribution in [2.24, 2.45) is 0 Å². The highest BCUT2D eigenvalue weighted by Gasteiger charge is 2.19. The third-order valence-electron chi connectivity index (χ3n) is 4.04. The Hall–Kier alpha value is -1.92. The number of anilines is 1. The molecule has 0 fully saturated rings. The van der Waals surface area contributed by atoms with Gasteiger partial charge in [-0.3, -0.25) is 14.1 Å². The van der Waals surface area contributed by atoms with E-state index < -0.39 is 10.0 Å². The number of nitrogens with zero attached hydrogens (tertiary/aromatic N) is 3. The first-order valence-electron chi connectivity index (χ1n) is 8.14. The van der Waals surface area contributed by atoms with Crippen LogP contribution in [0.3, 0.4) is 0 Å². The molecular weight excluding hydrogens is 472 g/mol. The second-order valence-electron chi connectivity index (χ2n) is 5.86. The van der Waals surface area contributed by atoms with Crippen molar-refractivity contribution in [2.45, 2.75) is 15.8 Å². The topological polar surface area (TPSA) is 94.0 Å². The predicted octanol–water partition coefficient (Wildman–Crippen LogP) is 4.14. The van der Waals surface area contributed by atoms with E-state index in [-0.39, 0.29) is 14.9 Å². The molecule has 0 aliphatic heterocycles. The third-order valence-corrected chi connectivity index (χ3v) is 8.63. The van der Waals surface area contributed by atoms with Gasteiger partial charge >= 0.3 is 4.87 Å². The summed E-state index contributed by atoms with van der Waals surface area (Å²) in [5.74, 6) is 0. The number of thiazole rings is 1. The molecular formula is C17H13ClN4O3S4. The lowest BCUT2D eigenvalue weighted by Crippen LogP contribution is -2.14. The van der Waals surface area contributed by atoms with Crippen molar-refractivity contribution in [3.05, 3.63) is 62.7 Å². The molecule has 0 atom stereocenters. The molecule has 0 spiro atoms. The van der Waals surface area contributed by atoms with E-state index in [4.69, 9.17) is 11.6 Å². The Morgan fingerprint density at radius 1 is 1.17 bits per heavy atom. The SMILES string of the molecule is CSc1nnc(NS(=O)(=O)c2ccc3c(c2)sc(=O)n3Cc2ccccc2Cl)s1. The normalized spacial score (nSPS) is 11.8. The summed E-state index contributed by atoms with van der Waals surface area (Å²) in [6, 6.07) is 11.9. The smallest absolute Gasteiger partial charge is 0.294 e. The highest BCUT2D eigenvalue weighted by Crippen LogP contribution is 2.28. The third kappa shape index (κ3) is 4.19. The molecule has 1 N–H and O–H groups in total. The first-order chi connectivity index (χ1) is 13.9. The number of sulfonamides is 1. The molecule has 0 saturated heterocycles. The lowest BCUT2D eigenvalue weighted by Gasteiger charge is -2.07. The number of rotatable bonds is 6. The maximum Gasteiger partial charge on any atom is 0.308 e. The minimum Gasteiger partial charge on any atom is -0.294 e. The van der Waals surface area contributed by atoms with Crippen LogP contribution in [-0.4, -0.2) is 29.4 Å². The standard InChI is InChI=1S/C17H13ClN4O3S4/c1-26-16-20-19-15(28-16)21-29(24,25)11-6-7-13-14(8-11)27-17(23)22(13)9-10-4-2-3-5-12(10)18/h2-8H,9H2,1H3,(H,19,21). The van der Waals surface area contributed by atoms with Crippen molar-refractivity contribution in [1.29, 1.82) is 0 Å². The van der Waals surface area contributed by atoms with Crippen LogP contribution in [0.25, 0.3) is 10.2 Å². The van der Waals surface area contributed by atoms with Gasteiger partial charge in [-0.05, 0) is 36.1 Å². The zero-order valence-corrected chi connectivity index (χ0v) is 18.8. The quantitative estimate of drug-likeness (QED) is 0.413. The van der Waals surface area contributed by atoms with E-state index in [2.05, 4.69) is 14.9 Å². The maximum atomic E-state index is 12.7. The van der Waals surface area contributed by atoms with E-state index in [1.165, 1.54) is 23.9 Å². The lowest BCUT2D eigenvalue weighted by atomic mass is 10.2. The van der Waals surface area contributed by atoms with E-state index in [1.807, 2.05) is 24.5 Å². The number of thioether (sulfide) groups is 1. The van der Waals surface area contributed by atoms with Gasteiger partial charge in [0.05, 0.1) is 21.7 Å². The van der Waals surface area contributed by atoms with Gasteiger partial charge in [0.2, 0.25) is 5.13 Å². The summed E-state index contributed by atoms with van der Waals surface area (Å²) in [5.41, 5.74) is 1.47. The zero-order chi connectivity index (χ0) is 20.6. The molecule has 0 aliphatic rings. The Labute approximate surface area is 183 Å². The monoisotopic (exact) mass is 484 g/mol. The van der Waals surface area contributed by atoms with E-state index in [1.54, 1.807) is 16.7 Å². The van der Waals surface area contributed by atoms with Gasteiger partial charge in [-0.1, -0.05) is 64.2 Å². The van der Waals surface area contributed by atoms with Gasteiger partial charge in [0.1, 0.15) is 0 Å². The second kappa shape index (κ2) is 8.07. The fourth-order valence-electron chi connectivity index (χ4n) is 2.67. The average Bonchev–Trinajstić information content (AvgIpc) is 3.26. The van der Waals surface area contributed by atoms with Crippen LogP contribution in [0.15, 0.2) is 56.5 Å². The fourth-order valence-corrected chi connectivity index (χ4v) is 6.29. The van der Waals surface area contributed by atoms with Crippen molar-refractivity contribution in [3.63, 3.8) is 0 Å². The number of fused-ring (bicyclic) bond motifs is 1. The summed E-state index contributed by atoms with van der Waals surface area (Å²) in [7, 11) is -3.85. The van der Waals surface area contributed by atoms with Gasteiger partial charge in [0.25, 0.3) is 10.0 Å². The van der Waals surface area contributed by atoms with Crippen LogP contribution in [0.4, 0.5) is 5.13 Å². The second-order valence-corrected chi connectivity index (χ2v) is 11.0. The number of hydrogen-bond donors (Lipinski definition) is 1. The first kappa shape index (κ1) is 20.4. The molecule has 4 aromatic rings. The van der Waals surface area contributed by atoms with Gasteiger partial charge in [-0.15, -0.1) is 10.2 Å². The molecule has 7 nitrogen and oxygen atoms in total. The van der Waals surface area contributed by atoms with Crippen molar-refractivity contribution >= 4 is 71.4 Å². The van der Waals surface area contributed by atoms with Crippen LogP contribution >= 0.6 is 46.0 Å². The molecule has 0 saturated carbocycles. The molecule has 2 heterocycles. The molecule has 12 heteroatoms. The van der Waals surface area contributed by atoms with Crippen molar-refractivity contribution in [1.82, 2.24) is 14.8 Å². The van der Waals surface area contributed by atoms with Crippen molar-refractivity contribution in [2.75, 3.05) is 11.0 Å². The van der Waals surface area contributed by atoms with Gasteiger partial charge in [-0.2, -0.15) is 0 Å². The number of aromatic nitrogens is 3. The molecule has 0 radical (unpaired) electrons. The van der Waals surface area contributed by atoms with E-state index >= 15 is 0 Å². The minimum atomic E-state index is -3.85. The summed E-state index contributed by atoms with van der Waals surface area (Å²) in [4.78, 5) is 12.4. The zero-order valence-electron chi connectivity index (χ0n) is 14.8. The van der Waals surface area contributed by atoms with E-state index in [0.717, 1.165) is 28.2 Å². The van der Waals surface area contributed by atoms with Gasteiger partial charge in [0.15, 0.2) is 4.34 Å². The predicted molar refractivity (Wildman–Crippen MR) is 119 cm³/mol. The number of benzene rings is 2. The highest BCUT2D eigenvalue weighted by molar-refractivity contribution is 8.00. The van der Waals surface area contributed by atoms with Gasteiger partial charge in [-0.25, -0.2) is 8.42 Å². The molecule has 0 bridgehead atoms. The number of hydrogen-bond acceptors (Lipinski definition) is 8. The number of halogens is 1. The van der Waals surface area contributed by atoms with Crippen LogP contribution in [0, 0.1) is 0 Å². The van der Waals surface area contributed by atoms with Gasteiger partial charge in [0, 0.05) is 5.02 Å².